The Kier molecular flexibility index (Phi) is 5.03. The van der Waals surface area contributed by atoms with Crippen LogP contribution in [0.25, 0.3) is 0 Å². The molecule has 0 saturated heterocycles. The highest BCUT2D eigenvalue weighted by Gasteiger charge is 2.18. The van der Waals surface area contributed by atoms with Crippen LogP contribution in [-0.2, 0) is 20.8 Å². The van der Waals surface area contributed by atoms with E-state index >= 15 is 0 Å². The van der Waals surface area contributed by atoms with Crippen molar-refractivity contribution in [3.8, 4) is 0 Å². The Morgan fingerprint density at radius 2 is 2.08 bits per heavy atom. The standard InChI is InChI=1S/C18H19N3O4/c1-13-10-15(21-12-25-18(20-21)23-2)8-9-16(13)19-17(22)24-11-14-6-4-3-5-7-14/h3-10H,11-12H2,1-2H3,(H,19,22). The summed E-state index contributed by atoms with van der Waals surface area (Å²) in [6, 6.07) is 15.1. The third-order valence-electron chi connectivity index (χ3n) is 3.64. The third-order valence-corrected chi connectivity index (χ3v) is 3.64. The zero-order valence-electron chi connectivity index (χ0n) is 14.1. The minimum Gasteiger partial charge on any atom is -0.453 e. The molecule has 7 nitrogen and oxygen atoms in total. The second kappa shape index (κ2) is 7.57. The number of hydrazone groups is 1. The molecule has 2 aromatic carbocycles. The maximum absolute atomic E-state index is 12.0. The van der Waals surface area contributed by atoms with E-state index in [0.717, 1.165) is 16.8 Å². The summed E-state index contributed by atoms with van der Waals surface area (Å²) in [5, 5.41) is 8.58. The van der Waals surface area contributed by atoms with Gasteiger partial charge >= 0.3 is 12.2 Å². The first-order valence-electron chi connectivity index (χ1n) is 7.77. The quantitative estimate of drug-likeness (QED) is 0.922. The lowest BCUT2D eigenvalue weighted by atomic mass is 10.2. The second-order valence-electron chi connectivity index (χ2n) is 5.43. The average Bonchev–Trinajstić information content (AvgIpc) is 3.12. The van der Waals surface area contributed by atoms with Crippen LogP contribution in [-0.4, -0.2) is 26.0 Å². The van der Waals surface area contributed by atoms with Gasteiger partial charge in [0, 0.05) is 5.69 Å². The van der Waals surface area contributed by atoms with Gasteiger partial charge in [0.2, 0.25) is 0 Å². The number of rotatable bonds is 4. The van der Waals surface area contributed by atoms with Crippen LogP contribution < -0.4 is 10.3 Å². The molecule has 1 aliphatic heterocycles. The number of carbonyl (C=O) groups is 1. The molecule has 25 heavy (non-hydrogen) atoms. The fourth-order valence-corrected chi connectivity index (χ4v) is 2.32. The molecule has 0 saturated carbocycles. The van der Waals surface area contributed by atoms with Crippen molar-refractivity contribution in [1.29, 1.82) is 0 Å². The summed E-state index contributed by atoms with van der Waals surface area (Å²) in [5.41, 5.74) is 3.34. The van der Waals surface area contributed by atoms with Crippen molar-refractivity contribution in [3.05, 3.63) is 59.7 Å². The molecule has 0 aliphatic carbocycles. The topological polar surface area (TPSA) is 72.4 Å². The largest absolute Gasteiger partial charge is 0.453 e. The Bertz CT molecular complexity index is 777. The van der Waals surface area contributed by atoms with Crippen LogP contribution in [0.15, 0.2) is 53.6 Å². The fourth-order valence-electron chi connectivity index (χ4n) is 2.32. The van der Waals surface area contributed by atoms with Gasteiger partial charge in [-0.3, -0.25) is 5.32 Å². The SMILES string of the molecule is COC1=NN(c2ccc(NC(=O)OCc3ccccc3)c(C)c2)CO1. The van der Waals surface area contributed by atoms with Crippen LogP contribution in [0.5, 0.6) is 0 Å². The molecule has 0 radical (unpaired) electrons. The lowest BCUT2D eigenvalue weighted by molar-refractivity contribution is 0.155. The average molecular weight is 341 g/mol. The van der Waals surface area contributed by atoms with Gasteiger partial charge in [-0.25, -0.2) is 9.80 Å². The van der Waals surface area contributed by atoms with Crippen molar-refractivity contribution in [2.24, 2.45) is 5.10 Å². The van der Waals surface area contributed by atoms with Gasteiger partial charge in [0.1, 0.15) is 6.61 Å². The molecule has 7 heteroatoms. The third kappa shape index (κ3) is 4.20. The van der Waals surface area contributed by atoms with Crippen LogP contribution in [0.2, 0.25) is 0 Å². The molecule has 130 valence electrons. The molecule has 1 heterocycles. The van der Waals surface area contributed by atoms with Crippen molar-refractivity contribution >= 4 is 23.6 Å². The van der Waals surface area contributed by atoms with Crippen molar-refractivity contribution in [1.82, 2.24) is 0 Å². The predicted octanol–water partition coefficient (Wildman–Crippen LogP) is 3.46. The van der Waals surface area contributed by atoms with E-state index in [2.05, 4.69) is 10.4 Å². The number of methoxy groups -OCH3 is 1. The summed E-state index contributed by atoms with van der Waals surface area (Å²) < 4.78 is 15.4. The van der Waals surface area contributed by atoms with Gasteiger partial charge in [0.05, 0.1) is 12.8 Å². The van der Waals surface area contributed by atoms with E-state index in [0.29, 0.717) is 5.69 Å². The maximum Gasteiger partial charge on any atom is 0.411 e. The number of hydrogen-bond donors (Lipinski definition) is 1. The van der Waals surface area contributed by atoms with Crippen molar-refractivity contribution in [3.63, 3.8) is 0 Å². The highest BCUT2D eigenvalue weighted by molar-refractivity contribution is 5.86. The fraction of sp³-hybridized carbons (Fsp3) is 0.222. The molecule has 1 aliphatic rings. The summed E-state index contributed by atoms with van der Waals surface area (Å²) in [5.74, 6) is 0. The number of hydrogen-bond acceptors (Lipinski definition) is 6. The van der Waals surface area contributed by atoms with Gasteiger partial charge < -0.3 is 14.2 Å². The van der Waals surface area contributed by atoms with Crippen molar-refractivity contribution in [2.75, 3.05) is 24.2 Å². The first kappa shape index (κ1) is 16.6. The van der Waals surface area contributed by atoms with Gasteiger partial charge in [-0.1, -0.05) is 35.4 Å². The Hall–Kier alpha value is -3.22. The minimum atomic E-state index is -0.496. The van der Waals surface area contributed by atoms with E-state index in [1.807, 2.05) is 49.4 Å². The van der Waals surface area contributed by atoms with E-state index in [1.165, 1.54) is 7.11 Å². The Labute approximate surface area is 145 Å². The number of aryl methyl sites for hydroxylation is 1. The number of anilines is 2. The number of amides is 1. The Balaban J connectivity index is 1.59. The van der Waals surface area contributed by atoms with Gasteiger partial charge in [0.25, 0.3) is 0 Å². The molecule has 0 spiro atoms. The molecular weight excluding hydrogens is 322 g/mol. The minimum absolute atomic E-state index is 0.226. The second-order valence-corrected chi connectivity index (χ2v) is 5.43. The molecule has 0 unspecified atom stereocenters. The Morgan fingerprint density at radius 3 is 2.76 bits per heavy atom. The molecule has 0 aromatic heterocycles. The normalized spacial score (nSPS) is 13.0. The highest BCUT2D eigenvalue weighted by Crippen LogP contribution is 2.25. The monoisotopic (exact) mass is 341 g/mol. The highest BCUT2D eigenvalue weighted by atomic mass is 16.7. The molecule has 2 aromatic rings. The molecule has 1 amide bonds. The van der Waals surface area contributed by atoms with Crippen LogP contribution in [0, 0.1) is 6.92 Å². The van der Waals surface area contributed by atoms with Crippen LogP contribution in [0.1, 0.15) is 11.1 Å². The van der Waals surface area contributed by atoms with E-state index in [4.69, 9.17) is 14.2 Å². The van der Waals surface area contributed by atoms with E-state index in [1.54, 1.807) is 11.1 Å². The summed E-state index contributed by atoms with van der Waals surface area (Å²) in [6.07, 6.45) is -0.270. The zero-order chi connectivity index (χ0) is 17.6. The smallest absolute Gasteiger partial charge is 0.411 e. The van der Waals surface area contributed by atoms with E-state index < -0.39 is 6.09 Å². The van der Waals surface area contributed by atoms with Gasteiger partial charge in [-0.2, -0.15) is 0 Å². The van der Waals surface area contributed by atoms with Crippen LogP contribution in [0.4, 0.5) is 16.2 Å². The number of nitrogens with zero attached hydrogens (tertiary/aromatic N) is 2. The number of nitrogens with one attached hydrogen (secondary N) is 1. The lowest BCUT2D eigenvalue weighted by Crippen LogP contribution is -2.16. The Morgan fingerprint density at radius 1 is 1.28 bits per heavy atom. The van der Waals surface area contributed by atoms with Gasteiger partial charge in [0.15, 0.2) is 6.73 Å². The first-order valence-corrected chi connectivity index (χ1v) is 7.77. The number of carbonyl (C=O) groups excluding carboxylic acids is 1. The maximum atomic E-state index is 12.0. The molecule has 0 bridgehead atoms. The molecule has 0 fully saturated rings. The number of benzene rings is 2. The molecular formula is C18H19N3O4. The summed E-state index contributed by atoms with van der Waals surface area (Å²) in [4.78, 5) is 12.0. The zero-order valence-corrected chi connectivity index (χ0v) is 14.1. The predicted molar refractivity (Wildman–Crippen MR) is 94.3 cm³/mol. The first-order chi connectivity index (χ1) is 12.2. The van der Waals surface area contributed by atoms with Gasteiger partial charge in [-0.05, 0) is 36.2 Å². The lowest BCUT2D eigenvalue weighted by Gasteiger charge is -2.14. The molecule has 0 atom stereocenters. The van der Waals surface area contributed by atoms with Crippen molar-refractivity contribution < 1.29 is 19.0 Å². The number of ether oxygens (including phenoxy) is 3. The van der Waals surface area contributed by atoms with E-state index in [9.17, 15) is 4.79 Å². The molecule has 3 rings (SSSR count). The summed E-state index contributed by atoms with van der Waals surface area (Å²) >= 11 is 0. The van der Waals surface area contributed by atoms with Crippen LogP contribution >= 0.6 is 0 Å². The van der Waals surface area contributed by atoms with Crippen molar-refractivity contribution in [2.45, 2.75) is 13.5 Å². The van der Waals surface area contributed by atoms with E-state index in [-0.39, 0.29) is 19.4 Å². The summed E-state index contributed by atoms with van der Waals surface area (Å²) in [7, 11) is 1.50. The van der Waals surface area contributed by atoms with Crippen LogP contribution in [0.3, 0.4) is 0 Å². The molecule has 1 N–H and O–H groups in total. The van der Waals surface area contributed by atoms with Gasteiger partial charge in [-0.15, -0.1) is 0 Å². The summed E-state index contributed by atoms with van der Waals surface area (Å²) in [6.45, 7) is 2.41.